The number of aliphatic hydroxyl groups excluding tert-OH is 2. The molecule has 2 saturated carbocycles. The lowest BCUT2D eigenvalue weighted by Crippen LogP contribution is -2.60. The summed E-state index contributed by atoms with van der Waals surface area (Å²) in [6.45, 7) is 4.90. The van der Waals surface area contributed by atoms with Crippen LogP contribution in [0, 0.1) is 28.6 Å². The largest absolute Gasteiger partial charge is 0.423 e. The van der Waals surface area contributed by atoms with E-state index >= 15 is 0 Å². The van der Waals surface area contributed by atoms with Gasteiger partial charge in [-0.3, -0.25) is 0 Å². The van der Waals surface area contributed by atoms with Gasteiger partial charge in [0.25, 0.3) is 0 Å². The molecule has 0 saturated heterocycles. The van der Waals surface area contributed by atoms with E-state index < -0.39 is 17.5 Å². The zero-order chi connectivity index (χ0) is 26.7. The number of nitrogens with two attached hydrogens (primary N) is 1. The minimum Gasteiger partial charge on any atom is -0.423 e. The molecule has 10 nitrogen and oxygen atoms in total. The lowest BCUT2D eigenvalue weighted by atomic mass is 9.45. The average Bonchev–Trinajstić information content (AvgIpc) is 3.50. The van der Waals surface area contributed by atoms with E-state index in [0.717, 1.165) is 18.7 Å². The minimum absolute atomic E-state index is 0.0143. The highest BCUT2D eigenvalue weighted by atomic mass is 16.5. The van der Waals surface area contributed by atoms with E-state index in [0.29, 0.717) is 35.7 Å². The number of carbonyl (C=O) groups is 1. The number of hydrogen-bond acceptors (Lipinski definition) is 9. The maximum atomic E-state index is 12.7. The number of esters is 1. The fourth-order valence-electron chi connectivity index (χ4n) is 7.03. The van der Waals surface area contributed by atoms with Crippen molar-refractivity contribution in [1.82, 2.24) is 19.5 Å². The fraction of sp³-hybridized carbons (Fsp3) is 0.464. The van der Waals surface area contributed by atoms with Crippen LogP contribution in [0.25, 0.3) is 6.08 Å². The average molecular weight is 517 g/mol. The predicted molar refractivity (Wildman–Crippen MR) is 141 cm³/mol. The SMILES string of the molecule is C[C@]12CC[C@@H](O)[C@@](C)(CO)C1CC1=Nc3nccn3CC1C2C=CC1=CC(=Cc2cnc(N)nc2)OC1=O. The van der Waals surface area contributed by atoms with E-state index in [1.807, 2.05) is 19.2 Å². The van der Waals surface area contributed by atoms with E-state index in [-0.39, 0.29) is 35.7 Å². The van der Waals surface area contributed by atoms with Gasteiger partial charge in [-0.15, -0.1) is 0 Å². The van der Waals surface area contributed by atoms with Crippen LogP contribution in [0.15, 0.2) is 59.3 Å². The number of aromatic nitrogens is 4. The van der Waals surface area contributed by atoms with E-state index in [1.165, 1.54) is 0 Å². The number of ether oxygens (including phenoxy) is 1. The lowest BCUT2D eigenvalue weighted by Gasteiger charge is -2.61. The van der Waals surface area contributed by atoms with Crippen LogP contribution in [0.1, 0.15) is 38.7 Å². The Morgan fingerprint density at radius 3 is 2.82 bits per heavy atom. The molecule has 10 heteroatoms. The molecule has 0 bridgehead atoms. The van der Waals surface area contributed by atoms with E-state index in [1.54, 1.807) is 30.7 Å². The number of rotatable bonds is 4. The monoisotopic (exact) mass is 516 g/mol. The van der Waals surface area contributed by atoms with Gasteiger partial charge in [0.15, 0.2) is 0 Å². The lowest BCUT2D eigenvalue weighted by molar-refractivity contribution is -0.147. The molecular formula is C28H32N6O4. The van der Waals surface area contributed by atoms with Crippen molar-refractivity contribution in [2.45, 2.75) is 45.8 Å². The molecule has 2 aromatic heterocycles. The highest BCUT2D eigenvalue weighted by Gasteiger charge is 2.60. The third-order valence-corrected chi connectivity index (χ3v) is 9.25. The van der Waals surface area contributed by atoms with Crippen molar-refractivity contribution in [3.05, 3.63) is 59.9 Å². The number of imidazole rings is 1. The fourth-order valence-corrected chi connectivity index (χ4v) is 7.03. The van der Waals surface area contributed by atoms with Crippen molar-refractivity contribution in [3.63, 3.8) is 0 Å². The van der Waals surface area contributed by atoms with Gasteiger partial charge >= 0.3 is 5.97 Å². The van der Waals surface area contributed by atoms with Gasteiger partial charge in [0.05, 0.1) is 18.3 Å². The Labute approximate surface area is 220 Å². The Kier molecular flexibility index (Phi) is 5.84. The molecule has 6 rings (SSSR count). The van der Waals surface area contributed by atoms with Crippen molar-refractivity contribution in [3.8, 4) is 0 Å². The maximum absolute atomic E-state index is 12.7. The molecule has 38 heavy (non-hydrogen) atoms. The smallest absolute Gasteiger partial charge is 0.343 e. The third kappa shape index (κ3) is 3.90. The van der Waals surface area contributed by atoms with E-state index in [4.69, 9.17) is 15.5 Å². The number of aliphatic imine (C=N–C) groups is 1. The molecule has 4 heterocycles. The van der Waals surface area contributed by atoms with Gasteiger partial charge in [0, 0.05) is 53.9 Å². The van der Waals surface area contributed by atoms with Crippen LogP contribution in [-0.2, 0) is 16.1 Å². The second-order valence-corrected chi connectivity index (χ2v) is 11.4. The number of allylic oxidation sites excluding steroid dienone is 2. The van der Waals surface area contributed by atoms with E-state index in [2.05, 4.69) is 32.5 Å². The number of carbonyl (C=O) groups excluding carboxylic acids is 1. The zero-order valence-corrected chi connectivity index (χ0v) is 21.5. The molecule has 0 aromatic carbocycles. The third-order valence-electron chi connectivity index (χ3n) is 9.25. The van der Waals surface area contributed by atoms with Crippen molar-refractivity contribution in [2.75, 3.05) is 12.3 Å². The molecule has 0 radical (unpaired) electrons. The van der Waals surface area contributed by atoms with Gasteiger partial charge in [0.2, 0.25) is 11.9 Å². The zero-order valence-electron chi connectivity index (χ0n) is 21.5. The number of nitrogen functional groups attached to an aromatic ring is 1. The summed E-state index contributed by atoms with van der Waals surface area (Å²) in [5.41, 5.74) is 6.87. The van der Waals surface area contributed by atoms with Crippen LogP contribution >= 0.6 is 0 Å². The minimum atomic E-state index is -0.651. The quantitative estimate of drug-likeness (QED) is 0.525. The summed E-state index contributed by atoms with van der Waals surface area (Å²) in [7, 11) is 0. The second-order valence-electron chi connectivity index (χ2n) is 11.4. The molecule has 2 aliphatic carbocycles. The van der Waals surface area contributed by atoms with Gasteiger partial charge in [-0.05, 0) is 48.7 Å². The molecule has 2 aliphatic heterocycles. The van der Waals surface area contributed by atoms with Crippen LogP contribution in [0.4, 0.5) is 11.9 Å². The molecule has 0 spiro atoms. The molecule has 198 valence electrons. The first-order chi connectivity index (χ1) is 18.2. The van der Waals surface area contributed by atoms with Gasteiger partial charge in [0.1, 0.15) is 5.76 Å². The molecule has 4 aliphatic rings. The standard InChI is InChI=1S/C28H32N6O4/c1-27-6-5-23(36)28(2,15-35)22(27)11-21-19(14-34-8-7-30-26(34)33-21)20(27)4-3-17-10-18(38-24(17)37)9-16-12-31-25(29)32-13-16/h3-4,7-10,12-13,19-20,22-23,35-36H,5-6,11,14-15H2,1-2H3,(H2,29,31,32)/t19?,20?,22?,23-,27-,28+/m1/s1. The molecule has 4 N–H and O–H groups in total. The van der Waals surface area contributed by atoms with Crippen molar-refractivity contribution >= 4 is 29.7 Å². The summed E-state index contributed by atoms with van der Waals surface area (Å²) in [5, 5.41) is 21.4. The van der Waals surface area contributed by atoms with Gasteiger partial charge in [-0.25, -0.2) is 24.7 Å². The Hall–Kier alpha value is -3.63. The number of anilines is 1. The highest BCUT2D eigenvalue weighted by molar-refractivity contribution is 5.96. The summed E-state index contributed by atoms with van der Waals surface area (Å²) >= 11 is 0. The van der Waals surface area contributed by atoms with Gasteiger partial charge in [-0.1, -0.05) is 26.0 Å². The highest BCUT2D eigenvalue weighted by Crippen LogP contribution is 2.61. The molecule has 3 unspecified atom stereocenters. The predicted octanol–water partition coefficient (Wildman–Crippen LogP) is 2.83. The summed E-state index contributed by atoms with van der Waals surface area (Å²) in [6.07, 6.45) is 15.8. The summed E-state index contributed by atoms with van der Waals surface area (Å²) in [6, 6.07) is 0. The maximum Gasteiger partial charge on any atom is 0.343 e. The Morgan fingerprint density at radius 2 is 2.05 bits per heavy atom. The number of cyclic esters (lactones) is 1. The number of aliphatic hydroxyl groups is 2. The van der Waals surface area contributed by atoms with Gasteiger partial charge < -0.3 is 25.3 Å². The molecule has 0 amide bonds. The van der Waals surface area contributed by atoms with E-state index in [9.17, 15) is 15.0 Å². The van der Waals surface area contributed by atoms with Gasteiger partial charge in [-0.2, -0.15) is 0 Å². The Morgan fingerprint density at radius 1 is 1.26 bits per heavy atom. The first-order valence-electron chi connectivity index (χ1n) is 13.0. The van der Waals surface area contributed by atoms with Crippen LogP contribution in [0.5, 0.6) is 0 Å². The van der Waals surface area contributed by atoms with Crippen molar-refractivity contribution in [2.24, 2.45) is 33.6 Å². The molecule has 6 atom stereocenters. The van der Waals surface area contributed by atoms with Crippen LogP contribution < -0.4 is 5.73 Å². The normalized spacial score (nSPS) is 35.4. The second kappa shape index (κ2) is 8.99. The summed E-state index contributed by atoms with van der Waals surface area (Å²) in [4.78, 5) is 30.0. The van der Waals surface area contributed by atoms with Crippen LogP contribution in [-0.4, -0.2) is 54.1 Å². The first kappa shape index (κ1) is 24.7. The number of nitrogens with zero attached hydrogens (tertiary/aromatic N) is 5. The topological polar surface area (TPSA) is 149 Å². The van der Waals surface area contributed by atoms with Crippen LogP contribution in [0.3, 0.4) is 0 Å². The van der Waals surface area contributed by atoms with Crippen molar-refractivity contribution < 1.29 is 19.7 Å². The molecule has 2 aromatic rings. The molecule has 2 fully saturated rings. The summed E-state index contributed by atoms with van der Waals surface area (Å²) in [5.74, 6) is 1.01. The first-order valence-corrected chi connectivity index (χ1v) is 13.0. The Balaban J connectivity index is 1.37. The Bertz CT molecular complexity index is 1390. The van der Waals surface area contributed by atoms with Crippen molar-refractivity contribution in [1.29, 1.82) is 0 Å². The summed E-state index contributed by atoms with van der Waals surface area (Å²) < 4.78 is 7.55. The number of fused-ring (bicyclic) bond motifs is 3. The number of hydrogen-bond donors (Lipinski definition) is 3. The molecular weight excluding hydrogens is 484 g/mol. The van der Waals surface area contributed by atoms with Crippen LogP contribution in [0.2, 0.25) is 0 Å².